The van der Waals surface area contributed by atoms with E-state index in [-0.39, 0.29) is 0 Å². The summed E-state index contributed by atoms with van der Waals surface area (Å²) >= 11 is 5.54. The van der Waals surface area contributed by atoms with Crippen molar-refractivity contribution in [3.63, 3.8) is 0 Å². The van der Waals surface area contributed by atoms with Crippen molar-refractivity contribution in [2.75, 3.05) is 0 Å². The highest BCUT2D eigenvalue weighted by Crippen LogP contribution is 2.40. The predicted molar refractivity (Wildman–Crippen MR) is 90.4 cm³/mol. The van der Waals surface area contributed by atoms with E-state index in [4.69, 9.17) is 0 Å². The fourth-order valence-corrected chi connectivity index (χ4v) is 4.45. The summed E-state index contributed by atoms with van der Waals surface area (Å²) in [4.78, 5) is 1.51. The van der Waals surface area contributed by atoms with Crippen LogP contribution in [0.3, 0.4) is 0 Å². The average Bonchev–Trinajstić information content (AvgIpc) is 2.86. The summed E-state index contributed by atoms with van der Waals surface area (Å²) in [6, 6.07) is 11.6. The van der Waals surface area contributed by atoms with Crippen LogP contribution in [0, 0.1) is 0 Å². The molecule has 106 valence electrons. The Morgan fingerprint density at radius 3 is 2.80 bits per heavy atom. The van der Waals surface area contributed by atoms with Gasteiger partial charge in [0.15, 0.2) is 0 Å². The molecule has 1 aliphatic carbocycles. The molecular weight excluding hydrogens is 330 g/mol. The standard InChI is InChI=1S/C17H20BrNS/c1-2-12-7-8-20-17(12)11-19-14-9-13(10-14)15-5-3-4-6-16(15)18/h3-8,13-14,19H,2,9-11H2,1H3. The fourth-order valence-electron chi connectivity index (χ4n) is 2.92. The molecule has 1 aromatic heterocycles. The van der Waals surface area contributed by atoms with Crippen LogP contribution in [0.2, 0.25) is 0 Å². The number of halogens is 1. The van der Waals surface area contributed by atoms with Crippen molar-refractivity contribution in [2.24, 2.45) is 0 Å². The van der Waals surface area contributed by atoms with Crippen LogP contribution in [0.15, 0.2) is 40.2 Å². The van der Waals surface area contributed by atoms with E-state index in [2.05, 4.69) is 63.9 Å². The molecular formula is C17H20BrNS. The third-order valence-electron chi connectivity index (χ3n) is 4.25. The van der Waals surface area contributed by atoms with Crippen molar-refractivity contribution in [1.82, 2.24) is 5.32 Å². The predicted octanol–water partition coefficient (Wildman–Crippen LogP) is 5.11. The SMILES string of the molecule is CCc1ccsc1CNC1CC(c2ccccc2Br)C1. The van der Waals surface area contributed by atoms with Gasteiger partial charge in [-0.15, -0.1) is 11.3 Å². The third-order valence-corrected chi connectivity index (χ3v) is 5.94. The molecule has 0 bridgehead atoms. The minimum Gasteiger partial charge on any atom is -0.309 e. The van der Waals surface area contributed by atoms with Gasteiger partial charge in [0.2, 0.25) is 0 Å². The Hall–Kier alpha value is -0.640. The zero-order valence-corrected chi connectivity index (χ0v) is 14.1. The van der Waals surface area contributed by atoms with E-state index in [0.29, 0.717) is 6.04 Å². The monoisotopic (exact) mass is 349 g/mol. The van der Waals surface area contributed by atoms with Gasteiger partial charge in [-0.1, -0.05) is 41.1 Å². The van der Waals surface area contributed by atoms with Crippen molar-refractivity contribution >= 4 is 27.3 Å². The Kier molecular flexibility index (Phi) is 4.59. The number of hydrogen-bond donors (Lipinski definition) is 1. The quantitative estimate of drug-likeness (QED) is 0.790. The van der Waals surface area contributed by atoms with Gasteiger partial charge < -0.3 is 5.32 Å². The maximum absolute atomic E-state index is 3.71. The number of benzene rings is 1. The van der Waals surface area contributed by atoms with Crippen molar-refractivity contribution in [2.45, 2.75) is 44.7 Å². The first kappa shape index (κ1) is 14.3. The molecule has 20 heavy (non-hydrogen) atoms. The molecule has 0 spiro atoms. The zero-order valence-electron chi connectivity index (χ0n) is 11.7. The van der Waals surface area contributed by atoms with Crippen LogP contribution < -0.4 is 5.32 Å². The first-order chi connectivity index (χ1) is 9.78. The minimum atomic E-state index is 0.680. The maximum Gasteiger partial charge on any atom is 0.0305 e. The Labute approximate surface area is 133 Å². The largest absolute Gasteiger partial charge is 0.309 e. The molecule has 0 aliphatic heterocycles. The van der Waals surface area contributed by atoms with Gasteiger partial charge in [0.05, 0.1) is 0 Å². The topological polar surface area (TPSA) is 12.0 Å². The highest BCUT2D eigenvalue weighted by molar-refractivity contribution is 9.10. The van der Waals surface area contributed by atoms with Gasteiger partial charge in [-0.3, -0.25) is 0 Å². The van der Waals surface area contributed by atoms with Crippen LogP contribution in [0.5, 0.6) is 0 Å². The number of hydrogen-bond acceptors (Lipinski definition) is 2. The van der Waals surface area contributed by atoms with Gasteiger partial charge in [0, 0.05) is 21.9 Å². The van der Waals surface area contributed by atoms with E-state index < -0.39 is 0 Å². The van der Waals surface area contributed by atoms with Crippen LogP contribution in [0.25, 0.3) is 0 Å². The number of rotatable bonds is 5. The molecule has 0 amide bonds. The molecule has 0 atom stereocenters. The van der Waals surface area contributed by atoms with E-state index in [1.165, 1.54) is 33.3 Å². The summed E-state index contributed by atoms with van der Waals surface area (Å²) in [6.45, 7) is 3.27. The van der Waals surface area contributed by atoms with Gasteiger partial charge in [0.25, 0.3) is 0 Å². The highest BCUT2D eigenvalue weighted by atomic mass is 79.9. The fraction of sp³-hybridized carbons (Fsp3) is 0.412. The van der Waals surface area contributed by atoms with E-state index in [1.54, 1.807) is 0 Å². The summed E-state index contributed by atoms with van der Waals surface area (Å²) in [5.41, 5.74) is 2.97. The summed E-state index contributed by atoms with van der Waals surface area (Å²) in [6.07, 6.45) is 3.66. The van der Waals surface area contributed by atoms with Gasteiger partial charge in [-0.25, -0.2) is 0 Å². The molecule has 1 fully saturated rings. The van der Waals surface area contributed by atoms with Crippen molar-refractivity contribution in [3.8, 4) is 0 Å². The van der Waals surface area contributed by atoms with Crippen molar-refractivity contribution < 1.29 is 0 Å². The van der Waals surface area contributed by atoms with E-state index in [9.17, 15) is 0 Å². The summed E-state index contributed by atoms with van der Waals surface area (Å²) in [5.74, 6) is 0.719. The van der Waals surface area contributed by atoms with Gasteiger partial charge in [-0.2, -0.15) is 0 Å². The lowest BCUT2D eigenvalue weighted by Crippen LogP contribution is -2.39. The van der Waals surface area contributed by atoms with Crippen LogP contribution in [-0.2, 0) is 13.0 Å². The van der Waals surface area contributed by atoms with Gasteiger partial charge in [0.1, 0.15) is 0 Å². The van der Waals surface area contributed by atoms with Gasteiger partial charge in [-0.05, 0) is 53.8 Å². The number of aryl methyl sites for hydroxylation is 1. The minimum absolute atomic E-state index is 0.680. The molecule has 0 saturated heterocycles. The maximum atomic E-state index is 3.71. The van der Waals surface area contributed by atoms with E-state index >= 15 is 0 Å². The molecule has 3 rings (SSSR count). The molecule has 1 aromatic carbocycles. The molecule has 1 heterocycles. The molecule has 1 aliphatic rings. The van der Waals surface area contributed by atoms with E-state index in [0.717, 1.165) is 18.9 Å². The summed E-state index contributed by atoms with van der Waals surface area (Å²) in [7, 11) is 0. The Bertz CT molecular complexity index is 572. The van der Waals surface area contributed by atoms with Gasteiger partial charge >= 0.3 is 0 Å². The summed E-state index contributed by atoms with van der Waals surface area (Å²) in [5, 5.41) is 5.92. The lowest BCUT2D eigenvalue weighted by Gasteiger charge is -2.37. The zero-order chi connectivity index (χ0) is 13.9. The first-order valence-corrected chi connectivity index (χ1v) is 8.98. The van der Waals surface area contributed by atoms with Crippen molar-refractivity contribution in [1.29, 1.82) is 0 Å². The average molecular weight is 350 g/mol. The lowest BCUT2D eigenvalue weighted by atomic mass is 9.76. The second-order valence-corrected chi connectivity index (χ2v) is 7.35. The molecule has 2 aromatic rings. The van der Waals surface area contributed by atoms with Crippen LogP contribution in [0.1, 0.15) is 41.7 Å². The number of nitrogens with one attached hydrogen (secondary N) is 1. The van der Waals surface area contributed by atoms with Crippen LogP contribution in [0.4, 0.5) is 0 Å². The third kappa shape index (κ3) is 3.00. The Morgan fingerprint density at radius 1 is 1.25 bits per heavy atom. The normalized spacial score (nSPS) is 21.7. The van der Waals surface area contributed by atoms with Crippen LogP contribution in [-0.4, -0.2) is 6.04 Å². The molecule has 0 unspecified atom stereocenters. The Morgan fingerprint density at radius 2 is 2.05 bits per heavy atom. The molecule has 0 radical (unpaired) electrons. The molecule has 1 saturated carbocycles. The van der Waals surface area contributed by atoms with E-state index in [1.807, 2.05) is 11.3 Å². The van der Waals surface area contributed by atoms with Crippen LogP contribution >= 0.6 is 27.3 Å². The smallest absolute Gasteiger partial charge is 0.0305 e. The molecule has 1 N–H and O–H groups in total. The second-order valence-electron chi connectivity index (χ2n) is 5.49. The molecule has 1 nitrogen and oxygen atoms in total. The lowest BCUT2D eigenvalue weighted by molar-refractivity contribution is 0.289. The Balaban J connectivity index is 1.50. The highest BCUT2D eigenvalue weighted by Gasteiger charge is 2.30. The summed E-state index contributed by atoms with van der Waals surface area (Å²) < 4.78 is 1.26. The van der Waals surface area contributed by atoms with Crippen molar-refractivity contribution in [3.05, 3.63) is 56.2 Å². The number of thiophene rings is 1. The first-order valence-electron chi connectivity index (χ1n) is 7.31. The second kappa shape index (κ2) is 6.42. The molecule has 3 heteroatoms.